The molecule has 1 aromatic heterocycles. The van der Waals surface area contributed by atoms with Crippen molar-refractivity contribution in [2.75, 3.05) is 26.2 Å². The van der Waals surface area contributed by atoms with E-state index in [1.807, 2.05) is 18.2 Å². The van der Waals surface area contributed by atoms with Crippen molar-refractivity contribution < 1.29 is 4.52 Å². The molecule has 0 bridgehead atoms. The standard InChI is InChI=1S/C14H16BrIN4O/c1-9(20-6-4-17-5-7-20)13-18-14(21-19-13)11-8-10(15)2-3-12(11)16/h2-3,8-9,17H,4-7H2,1H3. The highest BCUT2D eigenvalue weighted by Gasteiger charge is 2.23. The van der Waals surface area contributed by atoms with Crippen LogP contribution < -0.4 is 5.32 Å². The molecule has 1 aliphatic rings. The van der Waals surface area contributed by atoms with Crippen LogP contribution in [0, 0.1) is 3.57 Å². The van der Waals surface area contributed by atoms with Crippen LogP contribution in [0.1, 0.15) is 18.8 Å². The molecule has 112 valence electrons. The van der Waals surface area contributed by atoms with E-state index in [0.29, 0.717) is 5.89 Å². The monoisotopic (exact) mass is 462 g/mol. The molecule has 2 heterocycles. The SMILES string of the molecule is CC(c1noc(-c2cc(Br)ccc2I)n1)N1CCNCC1. The van der Waals surface area contributed by atoms with Gasteiger partial charge in [-0.2, -0.15) is 4.98 Å². The molecular weight excluding hydrogens is 447 g/mol. The van der Waals surface area contributed by atoms with E-state index < -0.39 is 0 Å². The Balaban J connectivity index is 1.84. The topological polar surface area (TPSA) is 54.2 Å². The third-order valence-corrected chi connectivity index (χ3v) is 5.11. The summed E-state index contributed by atoms with van der Waals surface area (Å²) in [5.41, 5.74) is 0.969. The minimum atomic E-state index is 0.175. The molecule has 1 saturated heterocycles. The van der Waals surface area contributed by atoms with Gasteiger partial charge < -0.3 is 9.84 Å². The number of nitrogens with zero attached hydrogens (tertiary/aromatic N) is 3. The highest BCUT2D eigenvalue weighted by Crippen LogP contribution is 2.28. The number of nitrogens with one attached hydrogen (secondary N) is 1. The normalized spacial score (nSPS) is 17.9. The summed E-state index contributed by atoms with van der Waals surface area (Å²) in [5, 5.41) is 7.53. The molecule has 1 N–H and O–H groups in total. The Labute approximate surface area is 145 Å². The summed E-state index contributed by atoms with van der Waals surface area (Å²) in [4.78, 5) is 6.96. The fraction of sp³-hybridized carbons (Fsp3) is 0.429. The molecule has 1 fully saturated rings. The summed E-state index contributed by atoms with van der Waals surface area (Å²) >= 11 is 5.77. The van der Waals surface area contributed by atoms with Crippen LogP contribution in [0.5, 0.6) is 0 Å². The lowest BCUT2D eigenvalue weighted by Crippen LogP contribution is -2.44. The zero-order chi connectivity index (χ0) is 14.8. The highest BCUT2D eigenvalue weighted by atomic mass is 127. The van der Waals surface area contributed by atoms with Crippen LogP contribution in [0.2, 0.25) is 0 Å². The average molecular weight is 463 g/mol. The van der Waals surface area contributed by atoms with Gasteiger partial charge in [0.25, 0.3) is 5.89 Å². The molecule has 0 radical (unpaired) electrons. The number of piperazine rings is 1. The fourth-order valence-corrected chi connectivity index (χ4v) is 3.34. The van der Waals surface area contributed by atoms with Crippen LogP contribution in [0.15, 0.2) is 27.2 Å². The number of rotatable bonds is 3. The van der Waals surface area contributed by atoms with Crippen molar-refractivity contribution in [3.63, 3.8) is 0 Å². The molecule has 0 saturated carbocycles. The van der Waals surface area contributed by atoms with E-state index in [0.717, 1.165) is 45.6 Å². The smallest absolute Gasteiger partial charge is 0.259 e. The summed E-state index contributed by atoms with van der Waals surface area (Å²) in [7, 11) is 0. The Kier molecular flexibility index (Phi) is 4.92. The van der Waals surface area contributed by atoms with Crippen LogP contribution in [0.25, 0.3) is 11.5 Å². The Bertz CT molecular complexity index is 627. The van der Waals surface area contributed by atoms with Crippen molar-refractivity contribution in [3.05, 3.63) is 32.1 Å². The van der Waals surface area contributed by atoms with E-state index in [2.05, 4.69) is 65.8 Å². The van der Waals surface area contributed by atoms with Crippen molar-refractivity contribution in [2.45, 2.75) is 13.0 Å². The molecule has 1 atom stereocenters. The third kappa shape index (κ3) is 3.46. The third-order valence-electron chi connectivity index (χ3n) is 3.67. The van der Waals surface area contributed by atoms with Gasteiger partial charge in [0.15, 0.2) is 5.82 Å². The van der Waals surface area contributed by atoms with Gasteiger partial charge in [0, 0.05) is 34.2 Å². The summed E-state index contributed by atoms with van der Waals surface area (Å²) in [6.45, 7) is 6.18. The lowest BCUT2D eigenvalue weighted by Gasteiger charge is -2.30. The summed E-state index contributed by atoms with van der Waals surface area (Å²) in [5.74, 6) is 1.33. The average Bonchev–Trinajstić information content (AvgIpc) is 2.99. The van der Waals surface area contributed by atoms with E-state index in [1.165, 1.54) is 0 Å². The number of halogens is 2. The quantitative estimate of drug-likeness (QED) is 0.710. The lowest BCUT2D eigenvalue weighted by atomic mass is 10.2. The number of benzene rings is 1. The maximum atomic E-state index is 5.47. The van der Waals surface area contributed by atoms with Gasteiger partial charge in [-0.25, -0.2) is 0 Å². The molecule has 1 aromatic carbocycles. The van der Waals surface area contributed by atoms with E-state index >= 15 is 0 Å². The lowest BCUT2D eigenvalue weighted by molar-refractivity contribution is 0.176. The first-order valence-electron chi connectivity index (χ1n) is 6.89. The predicted octanol–water partition coefficient (Wildman–Crippen LogP) is 3.07. The zero-order valence-electron chi connectivity index (χ0n) is 11.6. The first-order chi connectivity index (χ1) is 10.1. The van der Waals surface area contributed by atoms with E-state index in [-0.39, 0.29) is 6.04 Å². The van der Waals surface area contributed by atoms with E-state index in [9.17, 15) is 0 Å². The van der Waals surface area contributed by atoms with E-state index in [4.69, 9.17) is 4.52 Å². The Morgan fingerprint density at radius 2 is 2.14 bits per heavy atom. The van der Waals surface area contributed by atoms with Crippen molar-refractivity contribution in [1.29, 1.82) is 0 Å². The van der Waals surface area contributed by atoms with Crippen molar-refractivity contribution in [1.82, 2.24) is 20.4 Å². The maximum Gasteiger partial charge on any atom is 0.259 e. The van der Waals surface area contributed by atoms with Crippen LogP contribution in [-0.4, -0.2) is 41.2 Å². The van der Waals surface area contributed by atoms with Gasteiger partial charge in [-0.1, -0.05) is 21.1 Å². The number of hydrogen-bond donors (Lipinski definition) is 1. The van der Waals surface area contributed by atoms with Gasteiger partial charge in [-0.15, -0.1) is 0 Å². The first kappa shape index (κ1) is 15.4. The van der Waals surface area contributed by atoms with Crippen molar-refractivity contribution >= 4 is 38.5 Å². The Morgan fingerprint density at radius 3 is 2.90 bits per heavy atom. The summed E-state index contributed by atoms with van der Waals surface area (Å²) < 4.78 is 7.57. The molecule has 21 heavy (non-hydrogen) atoms. The second kappa shape index (κ2) is 6.72. The molecule has 0 spiro atoms. The second-order valence-corrected chi connectivity index (χ2v) is 7.12. The zero-order valence-corrected chi connectivity index (χ0v) is 15.4. The number of hydrogen-bond acceptors (Lipinski definition) is 5. The molecular formula is C14H16BrIN4O. The Morgan fingerprint density at radius 1 is 1.38 bits per heavy atom. The molecule has 0 amide bonds. The second-order valence-electron chi connectivity index (χ2n) is 5.04. The Hall–Kier alpha value is -0.510. The summed E-state index contributed by atoms with van der Waals surface area (Å²) in [6.07, 6.45) is 0. The summed E-state index contributed by atoms with van der Waals surface area (Å²) in [6, 6.07) is 6.22. The molecule has 0 aliphatic carbocycles. The van der Waals surface area contributed by atoms with Crippen LogP contribution in [-0.2, 0) is 0 Å². The molecule has 1 aliphatic heterocycles. The predicted molar refractivity (Wildman–Crippen MR) is 93.0 cm³/mol. The van der Waals surface area contributed by atoms with Gasteiger partial charge in [-0.05, 0) is 47.7 Å². The largest absolute Gasteiger partial charge is 0.334 e. The molecule has 2 aromatic rings. The van der Waals surface area contributed by atoms with E-state index in [1.54, 1.807) is 0 Å². The van der Waals surface area contributed by atoms with Crippen molar-refractivity contribution in [3.8, 4) is 11.5 Å². The van der Waals surface area contributed by atoms with Crippen LogP contribution in [0.3, 0.4) is 0 Å². The molecule has 1 unspecified atom stereocenters. The van der Waals surface area contributed by atoms with Gasteiger partial charge in [0.1, 0.15) is 0 Å². The molecule has 3 rings (SSSR count). The van der Waals surface area contributed by atoms with Crippen LogP contribution >= 0.6 is 38.5 Å². The highest BCUT2D eigenvalue weighted by molar-refractivity contribution is 14.1. The van der Waals surface area contributed by atoms with Gasteiger partial charge >= 0.3 is 0 Å². The minimum absolute atomic E-state index is 0.175. The van der Waals surface area contributed by atoms with Gasteiger partial charge in [0.2, 0.25) is 0 Å². The van der Waals surface area contributed by atoms with Crippen molar-refractivity contribution in [2.24, 2.45) is 0 Å². The van der Waals surface area contributed by atoms with Gasteiger partial charge in [0.05, 0.1) is 11.6 Å². The molecule has 7 heteroatoms. The number of aromatic nitrogens is 2. The molecule has 5 nitrogen and oxygen atoms in total. The maximum absolute atomic E-state index is 5.47. The van der Waals surface area contributed by atoms with Crippen LogP contribution in [0.4, 0.5) is 0 Å². The van der Waals surface area contributed by atoms with Gasteiger partial charge in [-0.3, -0.25) is 4.90 Å². The fourth-order valence-electron chi connectivity index (χ4n) is 2.41. The minimum Gasteiger partial charge on any atom is -0.334 e. The first-order valence-corrected chi connectivity index (χ1v) is 8.76.